The van der Waals surface area contributed by atoms with Gasteiger partial charge in [0.1, 0.15) is 17.0 Å². The van der Waals surface area contributed by atoms with Crippen LogP contribution in [0.25, 0.3) is 11.0 Å². The predicted molar refractivity (Wildman–Crippen MR) is 79.5 cm³/mol. The lowest BCUT2D eigenvalue weighted by atomic mass is 10.1. The summed E-state index contributed by atoms with van der Waals surface area (Å²) >= 11 is 0. The highest BCUT2D eigenvalue weighted by atomic mass is 16.5. The smallest absolute Gasteiger partial charge is 0.319 e. The number of esters is 1. The van der Waals surface area contributed by atoms with Crippen molar-refractivity contribution in [3.63, 3.8) is 0 Å². The summed E-state index contributed by atoms with van der Waals surface area (Å²) in [6.07, 6.45) is 2.61. The van der Waals surface area contributed by atoms with E-state index >= 15 is 0 Å². The Morgan fingerprint density at radius 3 is 2.71 bits per heavy atom. The SMILES string of the molecule is CCCn1c(C2(C(=O)OC)CC2)nc2cc(OC)ccc21. The highest BCUT2D eigenvalue weighted by Gasteiger charge is 2.56. The Morgan fingerprint density at radius 2 is 2.14 bits per heavy atom. The second-order valence-corrected chi connectivity index (χ2v) is 5.52. The maximum Gasteiger partial charge on any atom is 0.319 e. The summed E-state index contributed by atoms with van der Waals surface area (Å²) in [5.74, 6) is 1.43. The minimum atomic E-state index is -0.545. The van der Waals surface area contributed by atoms with E-state index in [4.69, 9.17) is 14.5 Å². The Kier molecular flexibility index (Phi) is 3.35. The highest BCUT2D eigenvalue weighted by Crippen LogP contribution is 2.49. The second kappa shape index (κ2) is 5.06. The lowest BCUT2D eigenvalue weighted by molar-refractivity contribution is -0.144. The molecule has 3 rings (SSSR count). The van der Waals surface area contributed by atoms with Crippen LogP contribution in [0.5, 0.6) is 5.75 Å². The van der Waals surface area contributed by atoms with Crippen LogP contribution in [0.1, 0.15) is 32.0 Å². The third-order valence-corrected chi connectivity index (χ3v) is 4.16. The van der Waals surface area contributed by atoms with Crippen LogP contribution < -0.4 is 4.74 Å². The van der Waals surface area contributed by atoms with Crippen molar-refractivity contribution in [2.24, 2.45) is 0 Å². The molecule has 2 aromatic rings. The highest BCUT2D eigenvalue weighted by molar-refractivity contribution is 5.88. The van der Waals surface area contributed by atoms with Crippen LogP contribution in [0.15, 0.2) is 18.2 Å². The van der Waals surface area contributed by atoms with E-state index < -0.39 is 5.41 Å². The molecule has 1 heterocycles. The van der Waals surface area contributed by atoms with E-state index in [1.807, 2.05) is 18.2 Å². The molecule has 1 aliphatic carbocycles. The monoisotopic (exact) mass is 288 g/mol. The van der Waals surface area contributed by atoms with Crippen molar-refractivity contribution >= 4 is 17.0 Å². The van der Waals surface area contributed by atoms with E-state index in [0.29, 0.717) is 0 Å². The standard InChI is InChI=1S/C16H20N2O3/c1-4-9-18-13-6-5-11(20-2)10-12(13)17-14(18)16(7-8-16)15(19)21-3/h5-6,10H,4,7-9H2,1-3H3. The van der Waals surface area contributed by atoms with Crippen molar-refractivity contribution < 1.29 is 14.3 Å². The molecule has 0 aliphatic heterocycles. The fourth-order valence-electron chi connectivity index (χ4n) is 2.89. The zero-order chi connectivity index (χ0) is 15.0. The number of imidazole rings is 1. The summed E-state index contributed by atoms with van der Waals surface area (Å²) in [6, 6.07) is 5.85. The molecule has 21 heavy (non-hydrogen) atoms. The molecule has 0 radical (unpaired) electrons. The number of fused-ring (bicyclic) bond motifs is 1. The number of hydrogen-bond acceptors (Lipinski definition) is 4. The first-order chi connectivity index (χ1) is 10.2. The van der Waals surface area contributed by atoms with Gasteiger partial charge in [0, 0.05) is 12.6 Å². The van der Waals surface area contributed by atoms with E-state index in [2.05, 4.69) is 11.5 Å². The number of carbonyl (C=O) groups is 1. The molecule has 0 atom stereocenters. The minimum Gasteiger partial charge on any atom is -0.497 e. The molecular weight excluding hydrogens is 268 g/mol. The maximum atomic E-state index is 12.2. The van der Waals surface area contributed by atoms with Gasteiger partial charge in [-0.25, -0.2) is 4.98 Å². The summed E-state index contributed by atoms with van der Waals surface area (Å²) in [4.78, 5) is 16.9. The molecule has 1 saturated carbocycles. The first-order valence-corrected chi connectivity index (χ1v) is 7.29. The Morgan fingerprint density at radius 1 is 1.38 bits per heavy atom. The average Bonchev–Trinajstić information content (AvgIpc) is 3.24. The zero-order valence-electron chi connectivity index (χ0n) is 12.7. The molecule has 0 bridgehead atoms. The molecule has 0 N–H and O–H groups in total. The number of ether oxygens (including phenoxy) is 2. The maximum absolute atomic E-state index is 12.2. The van der Waals surface area contributed by atoms with Crippen LogP contribution in [0.3, 0.4) is 0 Å². The van der Waals surface area contributed by atoms with Gasteiger partial charge >= 0.3 is 5.97 Å². The quantitative estimate of drug-likeness (QED) is 0.794. The normalized spacial score (nSPS) is 16.0. The molecule has 112 valence electrons. The topological polar surface area (TPSA) is 53.4 Å². The second-order valence-electron chi connectivity index (χ2n) is 5.52. The zero-order valence-corrected chi connectivity index (χ0v) is 12.7. The Labute approximate surface area is 123 Å². The van der Waals surface area contributed by atoms with Crippen molar-refractivity contribution in [2.75, 3.05) is 14.2 Å². The summed E-state index contributed by atoms with van der Waals surface area (Å²) in [5.41, 5.74) is 1.37. The number of hydrogen-bond donors (Lipinski definition) is 0. The minimum absolute atomic E-state index is 0.179. The number of carbonyl (C=O) groups excluding carboxylic acids is 1. The number of nitrogens with zero attached hydrogens (tertiary/aromatic N) is 2. The van der Waals surface area contributed by atoms with Crippen LogP contribution in [0, 0.1) is 0 Å². The third-order valence-electron chi connectivity index (χ3n) is 4.16. The van der Waals surface area contributed by atoms with Gasteiger partial charge < -0.3 is 14.0 Å². The number of aromatic nitrogens is 2. The fourth-order valence-corrected chi connectivity index (χ4v) is 2.89. The summed E-state index contributed by atoms with van der Waals surface area (Å²) in [6.45, 7) is 2.97. The molecule has 5 heteroatoms. The number of benzene rings is 1. The molecular formula is C16H20N2O3. The molecule has 0 amide bonds. The van der Waals surface area contributed by atoms with Crippen LogP contribution >= 0.6 is 0 Å². The van der Waals surface area contributed by atoms with Gasteiger partial charge in [-0.15, -0.1) is 0 Å². The van der Waals surface area contributed by atoms with Gasteiger partial charge in [0.05, 0.1) is 25.3 Å². The predicted octanol–water partition coefficient (Wildman–Crippen LogP) is 2.66. The van der Waals surface area contributed by atoms with E-state index in [1.54, 1.807) is 7.11 Å². The Bertz CT molecular complexity index is 686. The van der Waals surface area contributed by atoms with Crippen LogP contribution in [-0.2, 0) is 21.5 Å². The van der Waals surface area contributed by atoms with Gasteiger partial charge in [0.25, 0.3) is 0 Å². The molecule has 1 aromatic heterocycles. The molecule has 0 spiro atoms. The van der Waals surface area contributed by atoms with E-state index in [0.717, 1.165) is 48.4 Å². The number of aryl methyl sites for hydroxylation is 1. The van der Waals surface area contributed by atoms with Gasteiger partial charge in [-0.1, -0.05) is 6.92 Å². The van der Waals surface area contributed by atoms with Crippen molar-refractivity contribution in [3.8, 4) is 5.75 Å². The van der Waals surface area contributed by atoms with E-state index in [1.165, 1.54) is 7.11 Å². The van der Waals surface area contributed by atoms with Crippen molar-refractivity contribution in [3.05, 3.63) is 24.0 Å². The Hall–Kier alpha value is -2.04. The van der Waals surface area contributed by atoms with Crippen molar-refractivity contribution in [2.45, 2.75) is 38.1 Å². The van der Waals surface area contributed by atoms with E-state index in [-0.39, 0.29) is 5.97 Å². The van der Waals surface area contributed by atoms with Crippen LogP contribution in [-0.4, -0.2) is 29.7 Å². The van der Waals surface area contributed by atoms with E-state index in [9.17, 15) is 4.79 Å². The Balaban J connectivity index is 2.17. The van der Waals surface area contributed by atoms with Crippen molar-refractivity contribution in [1.29, 1.82) is 0 Å². The van der Waals surface area contributed by atoms with Gasteiger partial charge in [0.2, 0.25) is 0 Å². The molecule has 5 nitrogen and oxygen atoms in total. The first kappa shape index (κ1) is 13.9. The lowest BCUT2D eigenvalue weighted by Gasteiger charge is -2.14. The summed E-state index contributed by atoms with van der Waals surface area (Å²) in [5, 5.41) is 0. The third kappa shape index (κ3) is 2.07. The first-order valence-electron chi connectivity index (χ1n) is 7.29. The van der Waals surface area contributed by atoms with Gasteiger partial charge in [-0.3, -0.25) is 4.79 Å². The summed E-state index contributed by atoms with van der Waals surface area (Å²) < 4.78 is 12.4. The summed E-state index contributed by atoms with van der Waals surface area (Å²) in [7, 11) is 3.08. The van der Waals surface area contributed by atoms with Crippen LogP contribution in [0.2, 0.25) is 0 Å². The largest absolute Gasteiger partial charge is 0.497 e. The molecule has 0 unspecified atom stereocenters. The molecule has 1 aliphatic rings. The van der Waals surface area contributed by atoms with Gasteiger partial charge in [-0.2, -0.15) is 0 Å². The van der Waals surface area contributed by atoms with Crippen LogP contribution in [0.4, 0.5) is 0 Å². The number of rotatable bonds is 5. The fraction of sp³-hybridized carbons (Fsp3) is 0.500. The van der Waals surface area contributed by atoms with Gasteiger partial charge in [-0.05, 0) is 31.4 Å². The van der Waals surface area contributed by atoms with Crippen molar-refractivity contribution in [1.82, 2.24) is 9.55 Å². The lowest BCUT2D eigenvalue weighted by Crippen LogP contribution is -2.26. The number of methoxy groups -OCH3 is 2. The molecule has 1 fully saturated rings. The van der Waals surface area contributed by atoms with Gasteiger partial charge in [0.15, 0.2) is 0 Å². The average molecular weight is 288 g/mol. The molecule has 0 saturated heterocycles. The molecule has 1 aromatic carbocycles.